The van der Waals surface area contributed by atoms with Gasteiger partial charge < -0.3 is 20.3 Å². The maximum atomic E-state index is 14.9. The molecule has 5 rings (SSSR count). The Labute approximate surface area is 154 Å². The number of carboxylic acid groups (broad SMARTS) is 1. The molecule has 2 aromatic rings. The van der Waals surface area contributed by atoms with E-state index in [0.29, 0.717) is 24.7 Å². The van der Waals surface area contributed by atoms with Crippen molar-refractivity contribution < 1.29 is 14.3 Å². The van der Waals surface area contributed by atoms with Crippen LogP contribution >= 0.6 is 0 Å². The maximum Gasteiger partial charge on any atom is 0.341 e. The molecule has 2 aromatic heterocycles. The predicted octanol–water partition coefficient (Wildman–Crippen LogP) is 1.74. The molecule has 0 spiro atoms. The highest BCUT2D eigenvalue weighted by Gasteiger charge is 2.55. The molecule has 1 saturated heterocycles. The Hall–Kier alpha value is -2.48. The molecule has 0 unspecified atom stereocenters. The molecule has 27 heavy (non-hydrogen) atoms. The van der Waals surface area contributed by atoms with Gasteiger partial charge in [-0.25, -0.2) is 14.2 Å². The van der Waals surface area contributed by atoms with Crippen LogP contribution in [0.5, 0.6) is 0 Å². The Kier molecular flexibility index (Phi) is 3.26. The number of rotatable bonds is 3. The summed E-state index contributed by atoms with van der Waals surface area (Å²) in [6.45, 7) is 3.49. The summed E-state index contributed by atoms with van der Waals surface area (Å²) >= 11 is 0. The number of nitrogens with zero attached hydrogens (tertiary/aromatic N) is 3. The number of hydrogen-bond acceptors (Lipinski definition) is 5. The van der Waals surface area contributed by atoms with Gasteiger partial charge in [-0.1, -0.05) is 6.92 Å². The van der Waals surface area contributed by atoms with Gasteiger partial charge in [0.05, 0.1) is 5.39 Å². The van der Waals surface area contributed by atoms with Gasteiger partial charge in [0.2, 0.25) is 5.43 Å². The number of pyridine rings is 2. The van der Waals surface area contributed by atoms with Crippen molar-refractivity contribution in [1.82, 2.24) is 9.55 Å². The van der Waals surface area contributed by atoms with Gasteiger partial charge in [-0.2, -0.15) is 0 Å². The highest BCUT2D eigenvalue weighted by atomic mass is 19.1. The van der Waals surface area contributed by atoms with E-state index in [1.807, 2.05) is 4.90 Å². The molecule has 2 saturated carbocycles. The highest BCUT2D eigenvalue weighted by Crippen LogP contribution is 2.51. The number of carbonyl (C=O) groups is 1. The van der Waals surface area contributed by atoms with Crippen LogP contribution in [0, 0.1) is 17.2 Å². The number of hydrogen-bond donors (Lipinski definition) is 2. The Morgan fingerprint density at radius 3 is 2.78 bits per heavy atom. The lowest BCUT2D eigenvalue weighted by atomic mass is 9.60. The Morgan fingerprint density at radius 1 is 1.44 bits per heavy atom. The number of fused-ring (bicyclic) bond motifs is 2. The highest BCUT2D eigenvalue weighted by molar-refractivity contribution is 5.92. The van der Waals surface area contributed by atoms with Gasteiger partial charge in [0, 0.05) is 31.4 Å². The smallest absolute Gasteiger partial charge is 0.341 e. The summed E-state index contributed by atoms with van der Waals surface area (Å²) in [5.74, 6) is -1.36. The summed E-state index contributed by atoms with van der Waals surface area (Å²) in [6.07, 6.45) is 4.05. The third-order valence-electron chi connectivity index (χ3n) is 6.49. The fourth-order valence-corrected chi connectivity index (χ4v) is 4.87. The van der Waals surface area contributed by atoms with E-state index in [2.05, 4.69) is 11.9 Å². The van der Waals surface area contributed by atoms with Gasteiger partial charge in [-0.05, 0) is 36.7 Å². The number of aromatic nitrogens is 2. The van der Waals surface area contributed by atoms with Crippen LogP contribution in [-0.2, 0) is 0 Å². The molecular weight excluding hydrogens is 351 g/mol. The summed E-state index contributed by atoms with van der Waals surface area (Å²) in [5.41, 5.74) is 5.51. The number of carboxylic acids is 1. The van der Waals surface area contributed by atoms with Crippen molar-refractivity contribution in [1.29, 1.82) is 0 Å². The van der Waals surface area contributed by atoms with Crippen molar-refractivity contribution in [3.8, 4) is 0 Å². The summed E-state index contributed by atoms with van der Waals surface area (Å²) in [4.78, 5) is 30.4. The number of nitrogens with two attached hydrogens (primary N) is 1. The van der Waals surface area contributed by atoms with Gasteiger partial charge in [0.1, 0.15) is 11.2 Å². The minimum atomic E-state index is -1.31. The lowest BCUT2D eigenvalue weighted by Crippen LogP contribution is -2.53. The summed E-state index contributed by atoms with van der Waals surface area (Å²) in [5, 5.41) is 9.34. The van der Waals surface area contributed by atoms with Crippen LogP contribution in [-0.4, -0.2) is 39.8 Å². The van der Waals surface area contributed by atoms with E-state index in [9.17, 15) is 19.1 Å². The van der Waals surface area contributed by atoms with Crippen molar-refractivity contribution in [2.24, 2.45) is 17.1 Å². The summed E-state index contributed by atoms with van der Waals surface area (Å²) in [6, 6.07) is 1.39. The van der Waals surface area contributed by atoms with Crippen molar-refractivity contribution in [2.45, 2.75) is 38.3 Å². The molecule has 0 amide bonds. The molecule has 3 atom stereocenters. The third-order valence-corrected chi connectivity index (χ3v) is 6.49. The lowest BCUT2D eigenvalue weighted by molar-refractivity contribution is 0.0694. The zero-order valence-corrected chi connectivity index (χ0v) is 15.0. The molecule has 142 valence electrons. The second kappa shape index (κ2) is 5.28. The molecule has 3 fully saturated rings. The topological polar surface area (TPSA) is 101 Å². The van der Waals surface area contributed by atoms with E-state index >= 15 is 0 Å². The van der Waals surface area contributed by atoms with Crippen molar-refractivity contribution in [2.75, 3.05) is 18.0 Å². The fraction of sp³-hybridized carbons (Fsp3) is 0.526. The largest absolute Gasteiger partial charge is 0.477 e. The van der Waals surface area contributed by atoms with Gasteiger partial charge in [-0.3, -0.25) is 4.79 Å². The number of anilines is 1. The standard InChI is InChI=1S/C19H21FN4O3/c1-19-5-14(21)12(19)7-23(8-19)17-13(20)4-10-15(25)11(18(26)27)6-24(9-2-3-9)16(10)22-17/h4,6,9,12,14H,2-3,5,7-8,21H2,1H3,(H,26,27)/t12-,14-,19-/m1/s1. The zero-order chi connectivity index (χ0) is 19.1. The van der Waals surface area contributed by atoms with Crippen LogP contribution in [0.25, 0.3) is 11.0 Å². The van der Waals surface area contributed by atoms with Crippen molar-refractivity contribution in [3.05, 3.63) is 33.9 Å². The molecule has 1 aliphatic heterocycles. The molecule has 2 aliphatic carbocycles. The van der Waals surface area contributed by atoms with Crippen LogP contribution in [0.2, 0.25) is 0 Å². The molecule has 7 nitrogen and oxygen atoms in total. The van der Waals surface area contributed by atoms with E-state index in [1.165, 1.54) is 6.20 Å². The van der Waals surface area contributed by atoms with E-state index in [-0.39, 0.29) is 34.3 Å². The molecule has 0 aromatic carbocycles. The van der Waals surface area contributed by atoms with Crippen LogP contribution < -0.4 is 16.1 Å². The average molecular weight is 372 g/mol. The fourth-order valence-electron chi connectivity index (χ4n) is 4.87. The van der Waals surface area contributed by atoms with E-state index in [1.54, 1.807) is 4.57 Å². The van der Waals surface area contributed by atoms with Crippen LogP contribution in [0.1, 0.15) is 42.6 Å². The Bertz CT molecular complexity index is 1050. The first-order chi connectivity index (χ1) is 12.8. The normalized spacial score (nSPS) is 29.7. The predicted molar refractivity (Wildman–Crippen MR) is 97.6 cm³/mol. The van der Waals surface area contributed by atoms with Crippen LogP contribution in [0.4, 0.5) is 10.2 Å². The van der Waals surface area contributed by atoms with Crippen molar-refractivity contribution in [3.63, 3.8) is 0 Å². The van der Waals surface area contributed by atoms with Gasteiger partial charge in [0.25, 0.3) is 0 Å². The molecule has 0 bridgehead atoms. The molecule has 3 N–H and O–H groups in total. The molecule has 3 heterocycles. The first kappa shape index (κ1) is 16.7. The second-order valence-electron chi connectivity index (χ2n) is 8.49. The quantitative estimate of drug-likeness (QED) is 0.851. The van der Waals surface area contributed by atoms with Crippen molar-refractivity contribution >= 4 is 22.8 Å². The molecule has 3 aliphatic rings. The van der Waals surface area contributed by atoms with Gasteiger partial charge >= 0.3 is 5.97 Å². The monoisotopic (exact) mass is 372 g/mol. The molecule has 0 radical (unpaired) electrons. The SMILES string of the molecule is C[C@]12C[C@@H](N)[C@H]1CN(c1nc3c(cc1F)c(=O)c(C(=O)O)cn3C1CC1)C2. The van der Waals surface area contributed by atoms with Crippen LogP contribution in [0.15, 0.2) is 17.1 Å². The summed E-state index contributed by atoms with van der Waals surface area (Å²) < 4.78 is 16.6. The van der Waals surface area contributed by atoms with Crippen LogP contribution in [0.3, 0.4) is 0 Å². The molecule has 8 heteroatoms. The molecular formula is C19H21FN4O3. The lowest BCUT2D eigenvalue weighted by Gasteiger charge is -2.46. The minimum absolute atomic E-state index is 0.0214. The maximum absolute atomic E-state index is 14.9. The first-order valence-corrected chi connectivity index (χ1v) is 9.28. The minimum Gasteiger partial charge on any atom is -0.477 e. The first-order valence-electron chi connectivity index (χ1n) is 9.28. The van der Waals surface area contributed by atoms with Gasteiger partial charge in [-0.15, -0.1) is 0 Å². The van der Waals surface area contributed by atoms with E-state index in [4.69, 9.17) is 5.73 Å². The second-order valence-corrected chi connectivity index (χ2v) is 8.49. The van der Waals surface area contributed by atoms with Gasteiger partial charge in [0.15, 0.2) is 11.6 Å². The van der Waals surface area contributed by atoms with E-state index < -0.39 is 17.2 Å². The average Bonchev–Trinajstić information content (AvgIpc) is 3.39. The van der Waals surface area contributed by atoms with E-state index in [0.717, 1.165) is 25.3 Å². The Morgan fingerprint density at radius 2 is 2.19 bits per heavy atom. The Balaban J connectivity index is 1.67. The number of aromatic carboxylic acids is 1. The summed E-state index contributed by atoms with van der Waals surface area (Å²) in [7, 11) is 0. The zero-order valence-electron chi connectivity index (χ0n) is 15.0. The number of halogens is 1. The third kappa shape index (κ3) is 2.32.